The summed E-state index contributed by atoms with van der Waals surface area (Å²) in [6, 6.07) is 10.1. The third-order valence-corrected chi connectivity index (χ3v) is 3.90. The third-order valence-electron chi connectivity index (χ3n) is 3.90. The van der Waals surface area contributed by atoms with Crippen molar-refractivity contribution in [2.45, 2.75) is 52.9 Å². The molecule has 2 N–H and O–H groups in total. The van der Waals surface area contributed by atoms with Gasteiger partial charge < -0.3 is 10.6 Å². The summed E-state index contributed by atoms with van der Waals surface area (Å²) in [4.78, 5) is 20.7. The molecule has 5 heteroatoms. The topological polar surface area (TPSA) is 66.9 Å². The molecular formula is C20H28N4O. The second-order valence-electron chi connectivity index (χ2n) is 6.35. The second-order valence-corrected chi connectivity index (χ2v) is 6.35. The van der Waals surface area contributed by atoms with Crippen LogP contribution in [0.25, 0.3) is 0 Å². The zero-order chi connectivity index (χ0) is 18.1. The van der Waals surface area contributed by atoms with Crippen molar-refractivity contribution in [1.29, 1.82) is 0 Å². The Balaban J connectivity index is 1.70. The Kier molecular flexibility index (Phi) is 7.38. The first-order valence-electron chi connectivity index (χ1n) is 9.02. The van der Waals surface area contributed by atoms with E-state index in [1.165, 1.54) is 18.4 Å². The van der Waals surface area contributed by atoms with E-state index >= 15 is 0 Å². The molecule has 0 spiro atoms. The molecule has 1 heterocycles. The maximum atomic E-state index is 12.0. The van der Waals surface area contributed by atoms with Crippen LogP contribution in [0.3, 0.4) is 0 Å². The predicted octanol–water partition coefficient (Wildman–Crippen LogP) is 4.27. The Bertz CT molecular complexity index is 662. The summed E-state index contributed by atoms with van der Waals surface area (Å²) in [5, 5.41) is 6.11. The van der Waals surface area contributed by atoms with E-state index in [9.17, 15) is 4.79 Å². The van der Waals surface area contributed by atoms with Crippen LogP contribution in [0.1, 0.15) is 49.6 Å². The number of aromatic nitrogens is 2. The van der Waals surface area contributed by atoms with E-state index in [1.54, 1.807) is 0 Å². The van der Waals surface area contributed by atoms with Gasteiger partial charge >= 0.3 is 0 Å². The highest BCUT2D eigenvalue weighted by Gasteiger charge is 2.04. The molecule has 0 aliphatic heterocycles. The van der Waals surface area contributed by atoms with E-state index in [-0.39, 0.29) is 5.91 Å². The van der Waals surface area contributed by atoms with Crippen LogP contribution in [0.2, 0.25) is 0 Å². The van der Waals surface area contributed by atoms with Crippen molar-refractivity contribution in [1.82, 2.24) is 9.97 Å². The van der Waals surface area contributed by atoms with Gasteiger partial charge in [0.15, 0.2) is 0 Å². The third kappa shape index (κ3) is 6.91. The minimum absolute atomic E-state index is 0.0319. The van der Waals surface area contributed by atoms with Gasteiger partial charge in [-0.3, -0.25) is 4.79 Å². The standard InChI is InChI=1S/C20H28N4O/c1-4-5-7-17-9-11-18(12-10-17)24-19(25)8-6-13-21-20-22-15(2)14-16(3)23-20/h9-12,14H,4-8,13H2,1-3H3,(H,24,25)(H,21,22,23). The van der Waals surface area contributed by atoms with Gasteiger partial charge in [-0.1, -0.05) is 25.5 Å². The van der Waals surface area contributed by atoms with Crippen LogP contribution < -0.4 is 10.6 Å². The van der Waals surface area contributed by atoms with Gasteiger partial charge in [0, 0.05) is 30.0 Å². The van der Waals surface area contributed by atoms with Gasteiger partial charge in [0.1, 0.15) is 0 Å². The number of nitrogens with one attached hydrogen (secondary N) is 2. The molecule has 134 valence electrons. The largest absolute Gasteiger partial charge is 0.354 e. The van der Waals surface area contributed by atoms with E-state index in [0.717, 1.165) is 29.9 Å². The number of benzene rings is 1. The Morgan fingerprint density at radius 2 is 1.72 bits per heavy atom. The molecule has 0 unspecified atom stereocenters. The molecular weight excluding hydrogens is 312 g/mol. The lowest BCUT2D eigenvalue weighted by Gasteiger charge is -2.08. The fourth-order valence-electron chi connectivity index (χ4n) is 2.61. The monoisotopic (exact) mass is 340 g/mol. The molecule has 1 aromatic heterocycles. The van der Waals surface area contributed by atoms with Crippen molar-refractivity contribution in [3.8, 4) is 0 Å². The first-order chi connectivity index (χ1) is 12.1. The maximum Gasteiger partial charge on any atom is 0.224 e. The molecule has 2 aromatic rings. The molecule has 2 rings (SSSR count). The van der Waals surface area contributed by atoms with E-state index in [1.807, 2.05) is 32.0 Å². The SMILES string of the molecule is CCCCc1ccc(NC(=O)CCCNc2nc(C)cc(C)n2)cc1. The molecule has 0 saturated carbocycles. The number of anilines is 2. The van der Waals surface area contributed by atoms with Crippen molar-refractivity contribution >= 4 is 17.5 Å². The number of rotatable bonds is 9. The van der Waals surface area contributed by atoms with E-state index < -0.39 is 0 Å². The highest BCUT2D eigenvalue weighted by atomic mass is 16.1. The molecule has 0 aliphatic carbocycles. The Morgan fingerprint density at radius 3 is 2.36 bits per heavy atom. The summed E-state index contributed by atoms with van der Waals surface area (Å²) in [7, 11) is 0. The average Bonchev–Trinajstić information content (AvgIpc) is 2.57. The number of hydrogen-bond acceptors (Lipinski definition) is 4. The minimum atomic E-state index is 0.0319. The van der Waals surface area contributed by atoms with Crippen LogP contribution in [-0.4, -0.2) is 22.4 Å². The van der Waals surface area contributed by atoms with Crippen molar-refractivity contribution < 1.29 is 4.79 Å². The van der Waals surface area contributed by atoms with E-state index in [2.05, 4.69) is 39.7 Å². The minimum Gasteiger partial charge on any atom is -0.354 e. The lowest BCUT2D eigenvalue weighted by Crippen LogP contribution is -2.14. The first kappa shape index (κ1) is 18.9. The lowest BCUT2D eigenvalue weighted by molar-refractivity contribution is -0.116. The van der Waals surface area contributed by atoms with Gasteiger partial charge in [-0.25, -0.2) is 9.97 Å². The summed E-state index contributed by atoms with van der Waals surface area (Å²) in [5.74, 6) is 0.657. The molecule has 25 heavy (non-hydrogen) atoms. The number of unbranched alkanes of at least 4 members (excludes halogenated alkanes) is 1. The van der Waals surface area contributed by atoms with Crippen LogP contribution >= 0.6 is 0 Å². The van der Waals surface area contributed by atoms with Crippen LogP contribution in [0.15, 0.2) is 30.3 Å². The van der Waals surface area contributed by atoms with Crippen LogP contribution in [0, 0.1) is 13.8 Å². The fourth-order valence-corrected chi connectivity index (χ4v) is 2.61. The average molecular weight is 340 g/mol. The fraction of sp³-hybridized carbons (Fsp3) is 0.450. The number of amides is 1. The van der Waals surface area contributed by atoms with Crippen LogP contribution in [0.4, 0.5) is 11.6 Å². The predicted molar refractivity (Wildman–Crippen MR) is 103 cm³/mol. The highest BCUT2D eigenvalue weighted by molar-refractivity contribution is 5.90. The van der Waals surface area contributed by atoms with Gasteiger partial charge in [0.05, 0.1) is 0 Å². The van der Waals surface area contributed by atoms with E-state index in [0.29, 0.717) is 18.9 Å². The highest BCUT2D eigenvalue weighted by Crippen LogP contribution is 2.12. The molecule has 0 aliphatic rings. The van der Waals surface area contributed by atoms with Gasteiger partial charge in [-0.2, -0.15) is 0 Å². The zero-order valence-corrected chi connectivity index (χ0v) is 15.4. The van der Waals surface area contributed by atoms with Crippen molar-refractivity contribution in [3.63, 3.8) is 0 Å². The molecule has 1 aromatic carbocycles. The lowest BCUT2D eigenvalue weighted by atomic mass is 10.1. The summed E-state index contributed by atoms with van der Waals surface area (Å²) in [5.41, 5.74) is 4.05. The van der Waals surface area contributed by atoms with Gasteiger partial charge in [-0.05, 0) is 56.9 Å². The summed E-state index contributed by atoms with van der Waals surface area (Å²) >= 11 is 0. The van der Waals surface area contributed by atoms with Crippen LogP contribution in [-0.2, 0) is 11.2 Å². The maximum absolute atomic E-state index is 12.0. The normalized spacial score (nSPS) is 10.5. The number of carbonyl (C=O) groups is 1. The van der Waals surface area contributed by atoms with Gasteiger partial charge in [0.25, 0.3) is 0 Å². The second kappa shape index (κ2) is 9.77. The van der Waals surface area contributed by atoms with E-state index in [4.69, 9.17) is 0 Å². The van der Waals surface area contributed by atoms with Crippen molar-refractivity contribution in [3.05, 3.63) is 47.3 Å². The number of nitrogens with zero attached hydrogens (tertiary/aromatic N) is 2. The number of aryl methyl sites for hydroxylation is 3. The number of hydrogen-bond donors (Lipinski definition) is 2. The molecule has 0 fully saturated rings. The van der Waals surface area contributed by atoms with Crippen LogP contribution in [0.5, 0.6) is 0 Å². The molecule has 0 saturated heterocycles. The first-order valence-corrected chi connectivity index (χ1v) is 9.02. The number of carbonyl (C=O) groups excluding carboxylic acids is 1. The summed E-state index contributed by atoms with van der Waals surface area (Å²) in [6.45, 7) is 6.75. The molecule has 0 bridgehead atoms. The molecule has 0 radical (unpaired) electrons. The Labute approximate surface area is 150 Å². The van der Waals surface area contributed by atoms with Crippen molar-refractivity contribution in [2.24, 2.45) is 0 Å². The van der Waals surface area contributed by atoms with Crippen molar-refractivity contribution in [2.75, 3.05) is 17.2 Å². The summed E-state index contributed by atoms with van der Waals surface area (Å²) in [6.07, 6.45) is 4.69. The Morgan fingerprint density at radius 1 is 1.04 bits per heavy atom. The molecule has 5 nitrogen and oxygen atoms in total. The summed E-state index contributed by atoms with van der Waals surface area (Å²) < 4.78 is 0. The molecule has 1 amide bonds. The quantitative estimate of drug-likeness (QED) is 0.669. The smallest absolute Gasteiger partial charge is 0.224 e. The molecule has 0 atom stereocenters. The zero-order valence-electron chi connectivity index (χ0n) is 15.4. The van der Waals surface area contributed by atoms with Gasteiger partial charge in [-0.15, -0.1) is 0 Å². The van der Waals surface area contributed by atoms with Gasteiger partial charge in [0.2, 0.25) is 11.9 Å². The Hall–Kier alpha value is -2.43.